The zero-order valence-electron chi connectivity index (χ0n) is 14.8. The van der Waals surface area contributed by atoms with Crippen molar-refractivity contribution < 1.29 is 4.79 Å². The van der Waals surface area contributed by atoms with Crippen LogP contribution in [-0.2, 0) is 0 Å². The second-order valence-electron chi connectivity index (χ2n) is 6.21. The van der Waals surface area contributed by atoms with Crippen LogP contribution in [0.5, 0.6) is 0 Å². The van der Waals surface area contributed by atoms with E-state index in [1.165, 1.54) is 0 Å². The first kappa shape index (κ1) is 17.4. The van der Waals surface area contributed by atoms with Gasteiger partial charge in [0, 0.05) is 28.2 Å². The fraction of sp³-hybridized carbons (Fsp3) is 0.0435. The van der Waals surface area contributed by atoms with Crippen molar-refractivity contribution in [2.75, 3.05) is 0 Å². The molecule has 4 heteroatoms. The number of imidazole rings is 1. The SMILES string of the molecule is CC(=O)c1c(-c2ccccc2Br)nc(-c2ccccc2)n1-c1ccccc1. The minimum Gasteiger partial charge on any atom is -0.293 e. The first-order valence-corrected chi connectivity index (χ1v) is 9.45. The molecule has 4 aromatic rings. The number of ketones is 1. The highest BCUT2D eigenvalue weighted by Crippen LogP contribution is 2.35. The van der Waals surface area contributed by atoms with Crippen LogP contribution < -0.4 is 0 Å². The number of para-hydroxylation sites is 1. The predicted octanol–water partition coefficient (Wildman–Crippen LogP) is 6.17. The van der Waals surface area contributed by atoms with Gasteiger partial charge in [0.15, 0.2) is 5.78 Å². The topological polar surface area (TPSA) is 34.9 Å². The van der Waals surface area contributed by atoms with Crippen molar-refractivity contribution in [3.63, 3.8) is 0 Å². The van der Waals surface area contributed by atoms with Crippen molar-refractivity contribution in [2.24, 2.45) is 0 Å². The Morgan fingerprint density at radius 2 is 1.44 bits per heavy atom. The Morgan fingerprint density at radius 3 is 2.07 bits per heavy atom. The lowest BCUT2D eigenvalue weighted by Gasteiger charge is -2.11. The van der Waals surface area contributed by atoms with E-state index in [0.29, 0.717) is 11.4 Å². The molecular formula is C23H17BrN2O. The van der Waals surface area contributed by atoms with Crippen molar-refractivity contribution in [1.29, 1.82) is 0 Å². The van der Waals surface area contributed by atoms with Gasteiger partial charge >= 0.3 is 0 Å². The van der Waals surface area contributed by atoms with Gasteiger partial charge in [-0.3, -0.25) is 9.36 Å². The molecule has 132 valence electrons. The molecule has 0 saturated heterocycles. The van der Waals surface area contributed by atoms with Crippen LogP contribution >= 0.6 is 15.9 Å². The van der Waals surface area contributed by atoms with E-state index in [4.69, 9.17) is 4.98 Å². The Bertz CT molecular complexity index is 1100. The van der Waals surface area contributed by atoms with E-state index in [2.05, 4.69) is 15.9 Å². The molecule has 27 heavy (non-hydrogen) atoms. The molecule has 1 heterocycles. The number of halogens is 1. The first-order chi connectivity index (χ1) is 13.2. The number of hydrogen-bond acceptors (Lipinski definition) is 2. The molecule has 0 unspecified atom stereocenters. The third-order valence-corrected chi connectivity index (χ3v) is 5.08. The third kappa shape index (κ3) is 3.24. The fourth-order valence-corrected chi connectivity index (χ4v) is 3.67. The second kappa shape index (κ2) is 7.33. The molecule has 0 spiro atoms. The Kier molecular flexibility index (Phi) is 4.73. The van der Waals surface area contributed by atoms with Crippen LogP contribution in [0, 0.1) is 0 Å². The summed E-state index contributed by atoms with van der Waals surface area (Å²) in [5.74, 6) is 0.719. The van der Waals surface area contributed by atoms with Crippen LogP contribution in [0.3, 0.4) is 0 Å². The number of carbonyl (C=O) groups excluding carboxylic acids is 1. The summed E-state index contributed by atoms with van der Waals surface area (Å²) in [4.78, 5) is 17.6. The van der Waals surface area contributed by atoms with E-state index in [9.17, 15) is 4.79 Å². The van der Waals surface area contributed by atoms with Gasteiger partial charge < -0.3 is 0 Å². The summed E-state index contributed by atoms with van der Waals surface area (Å²) in [5, 5.41) is 0. The molecule has 0 bridgehead atoms. The molecule has 0 fully saturated rings. The van der Waals surface area contributed by atoms with E-state index >= 15 is 0 Å². The zero-order chi connectivity index (χ0) is 18.8. The van der Waals surface area contributed by atoms with Crippen molar-refractivity contribution in [2.45, 2.75) is 6.92 Å². The van der Waals surface area contributed by atoms with Gasteiger partial charge in [0.1, 0.15) is 17.2 Å². The number of rotatable bonds is 4. The molecule has 1 aromatic heterocycles. The summed E-state index contributed by atoms with van der Waals surface area (Å²) in [6.45, 7) is 1.59. The lowest BCUT2D eigenvalue weighted by molar-refractivity contribution is 0.101. The Morgan fingerprint density at radius 1 is 0.852 bits per heavy atom. The summed E-state index contributed by atoms with van der Waals surface area (Å²) >= 11 is 3.60. The van der Waals surface area contributed by atoms with Crippen LogP contribution in [0.15, 0.2) is 89.4 Å². The van der Waals surface area contributed by atoms with Gasteiger partial charge in [-0.05, 0) is 18.2 Å². The summed E-state index contributed by atoms with van der Waals surface area (Å²) in [5.41, 5.74) is 4.02. The van der Waals surface area contributed by atoms with Gasteiger partial charge in [-0.15, -0.1) is 0 Å². The number of aromatic nitrogens is 2. The molecule has 0 amide bonds. The third-order valence-electron chi connectivity index (χ3n) is 4.39. The molecule has 0 aliphatic heterocycles. The average Bonchev–Trinajstić information content (AvgIpc) is 3.10. The number of nitrogens with zero attached hydrogens (tertiary/aromatic N) is 2. The maximum absolute atomic E-state index is 12.7. The number of carbonyl (C=O) groups is 1. The van der Waals surface area contributed by atoms with Crippen molar-refractivity contribution >= 4 is 21.7 Å². The first-order valence-electron chi connectivity index (χ1n) is 8.66. The highest BCUT2D eigenvalue weighted by atomic mass is 79.9. The monoisotopic (exact) mass is 416 g/mol. The molecule has 3 aromatic carbocycles. The van der Waals surface area contributed by atoms with Crippen LogP contribution in [0.1, 0.15) is 17.4 Å². The minimum atomic E-state index is -0.0284. The highest BCUT2D eigenvalue weighted by Gasteiger charge is 2.24. The van der Waals surface area contributed by atoms with Crippen molar-refractivity contribution in [1.82, 2.24) is 9.55 Å². The van der Waals surface area contributed by atoms with E-state index in [0.717, 1.165) is 27.1 Å². The normalized spacial score (nSPS) is 10.7. The maximum Gasteiger partial charge on any atom is 0.178 e. The largest absolute Gasteiger partial charge is 0.293 e. The quantitative estimate of drug-likeness (QED) is 0.372. The summed E-state index contributed by atoms with van der Waals surface area (Å²) < 4.78 is 2.86. The molecule has 4 rings (SSSR count). The molecule has 0 atom stereocenters. The van der Waals surface area contributed by atoms with Crippen molar-refractivity contribution in [3.8, 4) is 28.3 Å². The molecule has 0 saturated carbocycles. The smallest absolute Gasteiger partial charge is 0.178 e. The van der Waals surface area contributed by atoms with Gasteiger partial charge in [-0.1, -0.05) is 82.7 Å². The van der Waals surface area contributed by atoms with Gasteiger partial charge in [-0.25, -0.2) is 4.98 Å². The van der Waals surface area contributed by atoms with Gasteiger partial charge in [0.25, 0.3) is 0 Å². The molecule has 0 N–H and O–H groups in total. The van der Waals surface area contributed by atoms with E-state index in [-0.39, 0.29) is 5.78 Å². The lowest BCUT2D eigenvalue weighted by atomic mass is 10.1. The van der Waals surface area contributed by atoms with Gasteiger partial charge in [0.2, 0.25) is 0 Å². The molecular weight excluding hydrogens is 400 g/mol. The second-order valence-corrected chi connectivity index (χ2v) is 7.06. The van der Waals surface area contributed by atoms with Crippen LogP contribution in [0.25, 0.3) is 28.3 Å². The van der Waals surface area contributed by atoms with Crippen LogP contribution in [0.4, 0.5) is 0 Å². The lowest BCUT2D eigenvalue weighted by Crippen LogP contribution is -2.07. The average molecular weight is 417 g/mol. The molecule has 3 nitrogen and oxygen atoms in total. The number of benzene rings is 3. The number of Topliss-reactive ketones (excluding diaryl/α,β-unsaturated/α-hetero) is 1. The summed E-state index contributed by atoms with van der Waals surface area (Å²) in [6.07, 6.45) is 0. The maximum atomic E-state index is 12.7. The van der Waals surface area contributed by atoms with Crippen molar-refractivity contribution in [3.05, 3.63) is 95.1 Å². The van der Waals surface area contributed by atoms with E-state index in [1.807, 2.05) is 89.5 Å². The van der Waals surface area contributed by atoms with Crippen LogP contribution in [-0.4, -0.2) is 15.3 Å². The zero-order valence-corrected chi connectivity index (χ0v) is 16.3. The Labute approximate surface area is 166 Å². The standard InChI is InChI=1S/C23H17BrN2O/c1-16(27)22-21(19-14-8-9-15-20(19)24)25-23(17-10-4-2-5-11-17)26(22)18-12-6-3-7-13-18/h2-15H,1H3. The summed E-state index contributed by atoms with van der Waals surface area (Å²) in [6, 6.07) is 27.7. The number of hydrogen-bond donors (Lipinski definition) is 0. The van der Waals surface area contributed by atoms with Gasteiger partial charge in [0.05, 0.1) is 0 Å². The summed E-state index contributed by atoms with van der Waals surface area (Å²) in [7, 11) is 0. The Hall–Kier alpha value is -2.98. The van der Waals surface area contributed by atoms with Crippen LogP contribution in [0.2, 0.25) is 0 Å². The molecule has 0 aliphatic carbocycles. The van der Waals surface area contributed by atoms with E-state index in [1.54, 1.807) is 6.92 Å². The molecule has 0 aliphatic rings. The highest BCUT2D eigenvalue weighted by molar-refractivity contribution is 9.10. The van der Waals surface area contributed by atoms with Gasteiger partial charge in [-0.2, -0.15) is 0 Å². The minimum absolute atomic E-state index is 0.0284. The fourth-order valence-electron chi connectivity index (χ4n) is 3.20. The predicted molar refractivity (Wildman–Crippen MR) is 112 cm³/mol. The molecule has 0 radical (unpaired) electrons. The van der Waals surface area contributed by atoms with E-state index < -0.39 is 0 Å². The Balaban J connectivity index is 2.09.